The number of nitrogens with one attached hydrogen (secondary N) is 1. The van der Waals surface area contributed by atoms with Crippen LogP contribution in [0.15, 0.2) is 24.4 Å². The van der Waals surface area contributed by atoms with Crippen molar-refractivity contribution >= 4 is 0 Å². The van der Waals surface area contributed by atoms with E-state index in [0.717, 1.165) is 19.3 Å². The second-order valence-corrected chi connectivity index (χ2v) is 2.74. The summed E-state index contributed by atoms with van der Waals surface area (Å²) in [5.41, 5.74) is 0. The lowest BCUT2D eigenvalue weighted by Gasteiger charge is -2.14. The maximum Gasteiger partial charge on any atom is 0.0442 e. The topological polar surface area (TPSA) is 32.3 Å². The molecule has 0 aliphatic carbocycles. The summed E-state index contributed by atoms with van der Waals surface area (Å²) in [5, 5.41) is 11.8. The third-order valence-corrected chi connectivity index (χ3v) is 1.78. The molecule has 0 amide bonds. The van der Waals surface area contributed by atoms with E-state index in [1.54, 1.807) is 0 Å². The summed E-state index contributed by atoms with van der Waals surface area (Å²) >= 11 is 0. The van der Waals surface area contributed by atoms with Crippen LogP contribution in [0.5, 0.6) is 0 Å². The lowest BCUT2D eigenvalue weighted by molar-refractivity contribution is 0.281. The zero-order valence-corrected chi connectivity index (χ0v) is 6.66. The maximum atomic E-state index is 8.54. The lowest BCUT2D eigenvalue weighted by atomic mass is 10.1. The highest BCUT2D eigenvalue weighted by Gasteiger charge is 2.01. The summed E-state index contributed by atoms with van der Waals surface area (Å²) in [6, 6.07) is 0.478. The quantitative estimate of drug-likeness (QED) is 0.595. The van der Waals surface area contributed by atoms with Crippen molar-refractivity contribution < 1.29 is 5.11 Å². The summed E-state index contributed by atoms with van der Waals surface area (Å²) in [4.78, 5) is 0. The van der Waals surface area contributed by atoms with Gasteiger partial charge >= 0.3 is 0 Å². The van der Waals surface area contributed by atoms with E-state index in [4.69, 9.17) is 5.11 Å². The van der Waals surface area contributed by atoms with Crippen LogP contribution in [0, 0.1) is 0 Å². The van der Waals surface area contributed by atoms with Crippen molar-refractivity contribution in [3.8, 4) is 0 Å². The Balaban J connectivity index is 2.07. The average molecular weight is 153 g/mol. The van der Waals surface area contributed by atoms with Crippen molar-refractivity contribution in [2.24, 2.45) is 0 Å². The average Bonchev–Trinajstić information content (AvgIpc) is 2.07. The standard InChI is InChI=1S/C9H15NO/c11-8-4-2-6-9-5-1-3-7-10-9/h1,3,5,7,9-11H,2,4,6,8H2. The second kappa shape index (κ2) is 4.97. The van der Waals surface area contributed by atoms with Gasteiger partial charge in [0.05, 0.1) is 0 Å². The normalized spacial score (nSPS) is 21.7. The first-order valence-corrected chi connectivity index (χ1v) is 4.14. The highest BCUT2D eigenvalue weighted by molar-refractivity contribution is 5.11. The Morgan fingerprint density at radius 2 is 2.18 bits per heavy atom. The molecule has 0 saturated heterocycles. The van der Waals surface area contributed by atoms with Gasteiger partial charge in [-0.25, -0.2) is 0 Å². The highest BCUT2D eigenvalue weighted by atomic mass is 16.2. The van der Waals surface area contributed by atoms with E-state index in [9.17, 15) is 0 Å². The molecule has 1 rings (SSSR count). The fourth-order valence-corrected chi connectivity index (χ4v) is 1.14. The second-order valence-electron chi connectivity index (χ2n) is 2.74. The molecule has 2 heteroatoms. The predicted octanol–water partition coefficient (Wildman–Crippen LogP) is 1.19. The number of aliphatic hydroxyl groups is 1. The summed E-state index contributed by atoms with van der Waals surface area (Å²) in [6.45, 7) is 0.312. The van der Waals surface area contributed by atoms with Gasteiger partial charge in [0.15, 0.2) is 0 Å². The number of rotatable bonds is 4. The van der Waals surface area contributed by atoms with Crippen LogP contribution in [0.25, 0.3) is 0 Å². The molecule has 0 aromatic rings. The van der Waals surface area contributed by atoms with Crippen LogP contribution in [0.1, 0.15) is 19.3 Å². The Bertz CT molecular complexity index is 152. The Hall–Kier alpha value is -0.760. The molecule has 2 N–H and O–H groups in total. The van der Waals surface area contributed by atoms with E-state index in [2.05, 4.69) is 17.5 Å². The van der Waals surface area contributed by atoms with E-state index in [0.29, 0.717) is 12.6 Å². The van der Waals surface area contributed by atoms with E-state index in [1.165, 1.54) is 0 Å². The number of hydrogen-bond donors (Lipinski definition) is 2. The van der Waals surface area contributed by atoms with Crippen LogP contribution in [-0.2, 0) is 0 Å². The van der Waals surface area contributed by atoms with E-state index in [-0.39, 0.29) is 0 Å². The van der Waals surface area contributed by atoms with Gasteiger partial charge in [0.1, 0.15) is 0 Å². The molecule has 0 aromatic carbocycles. The van der Waals surface area contributed by atoms with Crippen molar-refractivity contribution in [1.82, 2.24) is 5.32 Å². The minimum atomic E-state index is 0.312. The van der Waals surface area contributed by atoms with Crippen LogP contribution in [0.3, 0.4) is 0 Å². The van der Waals surface area contributed by atoms with Gasteiger partial charge in [-0.2, -0.15) is 0 Å². The first-order valence-electron chi connectivity index (χ1n) is 4.14. The lowest BCUT2D eigenvalue weighted by Crippen LogP contribution is -2.23. The van der Waals surface area contributed by atoms with Crippen molar-refractivity contribution in [2.45, 2.75) is 25.3 Å². The summed E-state index contributed by atoms with van der Waals surface area (Å²) in [5.74, 6) is 0. The molecule has 0 saturated carbocycles. The minimum absolute atomic E-state index is 0.312. The highest BCUT2D eigenvalue weighted by Crippen LogP contribution is 2.04. The molecule has 0 fully saturated rings. The zero-order valence-electron chi connectivity index (χ0n) is 6.66. The Morgan fingerprint density at radius 3 is 2.82 bits per heavy atom. The molecular formula is C9H15NO. The van der Waals surface area contributed by atoms with Crippen molar-refractivity contribution in [3.63, 3.8) is 0 Å². The molecule has 0 spiro atoms. The zero-order chi connectivity index (χ0) is 7.94. The van der Waals surface area contributed by atoms with Gasteiger partial charge in [0.25, 0.3) is 0 Å². The summed E-state index contributed by atoms with van der Waals surface area (Å²) < 4.78 is 0. The first kappa shape index (κ1) is 8.34. The SMILES string of the molecule is OCCCCC1C=CC=CN1. The van der Waals surface area contributed by atoms with Crippen LogP contribution < -0.4 is 5.32 Å². The van der Waals surface area contributed by atoms with E-state index in [1.807, 2.05) is 12.3 Å². The van der Waals surface area contributed by atoms with Gasteiger partial charge in [-0.05, 0) is 31.5 Å². The van der Waals surface area contributed by atoms with Gasteiger partial charge in [-0.3, -0.25) is 0 Å². The largest absolute Gasteiger partial charge is 0.396 e. The molecule has 1 unspecified atom stereocenters. The number of aliphatic hydroxyl groups excluding tert-OH is 1. The van der Waals surface area contributed by atoms with Crippen molar-refractivity contribution in [3.05, 3.63) is 24.4 Å². The molecule has 11 heavy (non-hydrogen) atoms. The summed E-state index contributed by atoms with van der Waals surface area (Å²) in [7, 11) is 0. The fraction of sp³-hybridized carbons (Fsp3) is 0.556. The van der Waals surface area contributed by atoms with E-state index < -0.39 is 0 Å². The molecular weight excluding hydrogens is 138 g/mol. The van der Waals surface area contributed by atoms with Crippen LogP contribution in [-0.4, -0.2) is 17.8 Å². The third-order valence-electron chi connectivity index (χ3n) is 1.78. The molecule has 62 valence electrons. The Labute approximate surface area is 67.6 Å². The van der Waals surface area contributed by atoms with Crippen molar-refractivity contribution in [1.29, 1.82) is 0 Å². The molecule has 1 atom stereocenters. The van der Waals surface area contributed by atoms with Crippen LogP contribution >= 0.6 is 0 Å². The summed E-state index contributed by atoms with van der Waals surface area (Å²) in [6.07, 6.45) is 11.3. The minimum Gasteiger partial charge on any atom is -0.396 e. The number of dihydropyridines is 1. The Kier molecular flexibility index (Phi) is 3.76. The van der Waals surface area contributed by atoms with Gasteiger partial charge in [-0.15, -0.1) is 0 Å². The Morgan fingerprint density at radius 1 is 1.27 bits per heavy atom. The maximum absolute atomic E-state index is 8.54. The predicted molar refractivity (Wildman–Crippen MR) is 46.1 cm³/mol. The molecule has 0 radical (unpaired) electrons. The smallest absolute Gasteiger partial charge is 0.0442 e. The van der Waals surface area contributed by atoms with Crippen molar-refractivity contribution in [2.75, 3.05) is 6.61 Å². The number of hydrogen-bond acceptors (Lipinski definition) is 2. The van der Waals surface area contributed by atoms with E-state index >= 15 is 0 Å². The van der Waals surface area contributed by atoms with Gasteiger partial charge in [0, 0.05) is 12.6 Å². The molecule has 1 heterocycles. The fourth-order valence-electron chi connectivity index (χ4n) is 1.14. The molecule has 0 aromatic heterocycles. The first-order chi connectivity index (χ1) is 5.43. The molecule has 1 aliphatic heterocycles. The number of unbranched alkanes of at least 4 members (excludes halogenated alkanes) is 1. The third kappa shape index (κ3) is 3.23. The van der Waals surface area contributed by atoms with Crippen LogP contribution in [0.2, 0.25) is 0 Å². The van der Waals surface area contributed by atoms with Gasteiger partial charge < -0.3 is 10.4 Å². The van der Waals surface area contributed by atoms with Crippen LogP contribution in [0.4, 0.5) is 0 Å². The molecule has 0 bridgehead atoms. The molecule has 1 aliphatic rings. The van der Waals surface area contributed by atoms with Gasteiger partial charge in [-0.1, -0.05) is 12.2 Å². The molecule has 2 nitrogen and oxygen atoms in total. The monoisotopic (exact) mass is 153 g/mol. The number of allylic oxidation sites excluding steroid dienone is 2. The van der Waals surface area contributed by atoms with Gasteiger partial charge in [0.2, 0.25) is 0 Å².